The molecule has 1 aromatic rings. The number of hydrogen-bond acceptors (Lipinski definition) is 4. The van der Waals surface area contributed by atoms with E-state index in [2.05, 4.69) is 0 Å². The largest absolute Gasteiger partial charge is 0.449 e. The molecule has 0 radical (unpaired) electrons. The van der Waals surface area contributed by atoms with E-state index in [0.29, 0.717) is 17.0 Å². The SMILES string of the molecule is N=C1C2CC(CN2C(=O)CC(N)Cc2cc(F)c(F)cc2F)N1C(=N)C(F)(F)F. The van der Waals surface area contributed by atoms with Crippen LogP contribution in [0.1, 0.15) is 18.4 Å². The zero-order valence-electron chi connectivity index (χ0n) is 14.9. The molecule has 2 heterocycles. The number of fused-ring (bicyclic) bond motifs is 2. The van der Waals surface area contributed by atoms with Crippen LogP contribution in [-0.2, 0) is 11.2 Å². The Morgan fingerprint density at radius 1 is 1.21 bits per heavy atom. The number of carbonyl (C=O) groups excluding carboxylic acids is 1. The summed E-state index contributed by atoms with van der Waals surface area (Å²) in [5.74, 6) is -6.29. The van der Waals surface area contributed by atoms with Crippen molar-refractivity contribution >= 4 is 17.6 Å². The van der Waals surface area contributed by atoms with Crippen molar-refractivity contribution in [2.75, 3.05) is 6.54 Å². The average Bonchev–Trinajstić information content (AvgIpc) is 3.16. The number of carbonyl (C=O) groups is 1. The molecule has 12 heteroatoms. The first-order valence-electron chi connectivity index (χ1n) is 8.62. The number of nitrogens with zero attached hydrogens (tertiary/aromatic N) is 2. The van der Waals surface area contributed by atoms with Crippen LogP contribution in [0.25, 0.3) is 0 Å². The lowest BCUT2D eigenvalue weighted by atomic mass is 10.0. The second kappa shape index (κ2) is 7.32. The van der Waals surface area contributed by atoms with Crippen LogP contribution < -0.4 is 5.73 Å². The summed E-state index contributed by atoms with van der Waals surface area (Å²) < 4.78 is 78.3. The lowest BCUT2D eigenvalue weighted by Gasteiger charge is -2.36. The first kappa shape index (κ1) is 21.1. The van der Waals surface area contributed by atoms with Crippen molar-refractivity contribution in [3.8, 4) is 0 Å². The van der Waals surface area contributed by atoms with Crippen molar-refractivity contribution < 1.29 is 31.1 Å². The Kier molecular flexibility index (Phi) is 5.32. The van der Waals surface area contributed by atoms with E-state index < -0.39 is 59.3 Å². The summed E-state index contributed by atoms with van der Waals surface area (Å²) in [7, 11) is 0. The Morgan fingerprint density at radius 2 is 1.83 bits per heavy atom. The number of amides is 1. The van der Waals surface area contributed by atoms with Crippen molar-refractivity contribution in [3.63, 3.8) is 0 Å². The summed E-state index contributed by atoms with van der Waals surface area (Å²) in [6.07, 6.45) is -5.37. The number of hydrogen-bond donors (Lipinski definition) is 3. The Bertz CT molecular complexity index is 873. The van der Waals surface area contributed by atoms with Gasteiger partial charge in [-0.1, -0.05) is 0 Å². The molecule has 2 aliphatic rings. The summed E-state index contributed by atoms with van der Waals surface area (Å²) in [4.78, 5) is 14.3. The van der Waals surface area contributed by atoms with Crippen molar-refractivity contribution in [3.05, 3.63) is 35.1 Å². The highest BCUT2D eigenvalue weighted by Crippen LogP contribution is 2.35. The van der Waals surface area contributed by atoms with Crippen molar-refractivity contribution in [1.29, 1.82) is 10.8 Å². The molecule has 3 unspecified atom stereocenters. The maximum atomic E-state index is 13.7. The van der Waals surface area contributed by atoms with Gasteiger partial charge in [-0.05, 0) is 24.5 Å². The standard InChI is InChI=1S/C17H17F6N5O/c18-10-5-12(20)11(19)2-7(10)1-8(24)3-14(29)27-6-9-4-13(27)15(25)28(9)16(26)17(21,22)23/h2,5,8-9,13,25-26H,1,3-4,6,24H2. The quantitative estimate of drug-likeness (QED) is 0.301. The van der Waals surface area contributed by atoms with E-state index in [0.717, 1.165) is 0 Å². The monoisotopic (exact) mass is 421 g/mol. The minimum absolute atomic E-state index is 0.0933. The Hall–Kier alpha value is -2.63. The number of amidine groups is 2. The summed E-state index contributed by atoms with van der Waals surface area (Å²) in [6, 6.07) is -1.64. The van der Waals surface area contributed by atoms with E-state index in [1.165, 1.54) is 4.90 Å². The molecular weight excluding hydrogens is 404 g/mol. The van der Waals surface area contributed by atoms with Gasteiger partial charge >= 0.3 is 6.18 Å². The van der Waals surface area contributed by atoms with Gasteiger partial charge < -0.3 is 15.5 Å². The van der Waals surface area contributed by atoms with Crippen molar-refractivity contribution in [2.45, 2.75) is 43.6 Å². The Morgan fingerprint density at radius 3 is 2.41 bits per heavy atom. The molecule has 29 heavy (non-hydrogen) atoms. The van der Waals surface area contributed by atoms with Crippen molar-refractivity contribution in [1.82, 2.24) is 9.80 Å². The van der Waals surface area contributed by atoms with Crippen LogP contribution in [0.4, 0.5) is 26.3 Å². The first-order chi connectivity index (χ1) is 13.4. The van der Waals surface area contributed by atoms with Gasteiger partial charge in [0.25, 0.3) is 0 Å². The molecule has 0 aliphatic carbocycles. The Labute approximate surface area is 161 Å². The van der Waals surface area contributed by atoms with E-state index in [1.54, 1.807) is 0 Å². The number of benzene rings is 1. The molecule has 0 spiro atoms. The fourth-order valence-corrected chi connectivity index (χ4v) is 3.75. The molecule has 1 amide bonds. The fraction of sp³-hybridized carbons (Fsp3) is 0.471. The molecule has 4 N–H and O–H groups in total. The molecule has 1 aromatic carbocycles. The van der Waals surface area contributed by atoms with Gasteiger partial charge in [-0.15, -0.1) is 0 Å². The van der Waals surface area contributed by atoms with Gasteiger partial charge in [0.05, 0.1) is 12.1 Å². The molecule has 2 saturated heterocycles. The molecule has 158 valence electrons. The maximum absolute atomic E-state index is 13.7. The highest BCUT2D eigenvalue weighted by atomic mass is 19.4. The highest BCUT2D eigenvalue weighted by Gasteiger charge is 2.54. The summed E-state index contributed by atoms with van der Waals surface area (Å²) in [6.45, 7) is -0.101. The second-order valence-electron chi connectivity index (χ2n) is 7.08. The van der Waals surface area contributed by atoms with Gasteiger partial charge in [0.1, 0.15) is 11.7 Å². The molecule has 3 rings (SSSR count). The van der Waals surface area contributed by atoms with Crippen LogP contribution in [0.2, 0.25) is 0 Å². The van der Waals surface area contributed by atoms with Gasteiger partial charge in [-0.3, -0.25) is 15.6 Å². The van der Waals surface area contributed by atoms with Crippen LogP contribution in [0.5, 0.6) is 0 Å². The smallest absolute Gasteiger partial charge is 0.330 e. The van der Waals surface area contributed by atoms with E-state index >= 15 is 0 Å². The molecule has 3 atom stereocenters. The number of piperazine rings is 1. The third-order valence-corrected chi connectivity index (χ3v) is 5.06. The van der Waals surface area contributed by atoms with Crippen LogP contribution in [-0.4, -0.2) is 58.2 Å². The molecule has 2 bridgehead atoms. The van der Waals surface area contributed by atoms with Crippen LogP contribution >= 0.6 is 0 Å². The predicted octanol–water partition coefficient (Wildman–Crippen LogP) is 2.17. The maximum Gasteiger partial charge on any atom is 0.449 e. The molecule has 6 nitrogen and oxygen atoms in total. The van der Waals surface area contributed by atoms with Gasteiger partial charge in [0, 0.05) is 25.1 Å². The van der Waals surface area contributed by atoms with Crippen LogP contribution in [0.3, 0.4) is 0 Å². The molecule has 0 saturated carbocycles. The predicted molar refractivity (Wildman–Crippen MR) is 89.9 cm³/mol. The summed E-state index contributed by atoms with van der Waals surface area (Å²) >= 11 is 0. The normalized spacial score (nSPS) is 22.4. The van der Waals surface area contributed by atoms with E-state index in [9.17, 15) is 31.1 Å². The minimum Gasteiger partial charge on any atom is -0.330 e. The topological polar surface area (TPSA) is 97.3 Å². The molecule has 2 aliphatic heterocycles. The third kappa shape index (κ3) is 3.93. The fourth-order valence-electron chi connectivity index (χ4n) is 3.75. The average molecular weight is 421 g/mol. The Balaban J connectivity index is 1.63. The van der Waals surface area contributed by atoms with E-state index in [-0.39, 0.29) is 31.4 Å². The van der Waals surface area contributed by atoms with Gasteiger partial charge in [-0.2, -0.15) is 13.2 Å². The summed E-state index contributed by atoms with van der Waals surface area (Å²) in [5, 5.41) is 15.1. The third-order valence-electron chi connectivity index (χ3n) is 5.06. The van der Waals surface area contributed by atoms with Gasteiger partial charge in [-0.25, -0.2) is 13.2 Å². The lowest BCUT2D eigenvalue weighted by molar-refractivity contribution is -0.132. The minimum atomic E-state index is -4.90. The van der Waals surface area contributed by atoms with E-state index in [1.807, 2.05) is 0 Å². The lowest BCUT2D eigenvalue weighted by Crippen LogP contribution is -2.56. The molecule has 2 fully saturated rings. The number of likely N-dealkylation sites (tertiary alicyclic amines) is 2. The van der Waals surface area contributed by atoms with Crippen LogP contribution in [0.15, 0.2) is 12.1 Å². The number of rotatable bonds is 4. The van der Waals surface area contributed by atoms with E-state index in [4.69, 9.17) is 16.6 Å². The molecule has 0 aromatic heterocycles. The van der Waals surface area contributed by atoms with Crippen molar-refractivity contribution in [2.24, 2.45) is 5.73 Å². The number of nitrogens with one attached hydrogen (secondary N) is 2. The number of alkyl halides is 3. The molecular formula is C17H17F6N5O. The summed E-state index contributed by atoms with van der Waals surface area (Å²) in [5.41, 5.74) is 5.62. The second-order valence-corrected chi connectivity index (χ2v) is 7.08. The van der Waals surface area contributed by atoms with Gasteiger partial charge in [0.15, 0.2) is 11.6 Å². The van der Waals surface area contributed by atoms with Gasteiger partial charge in [0.2, 0.25) is 11.7 Å². The number of halogens is 6. The first-order valence-corrected chi connectivity index (χ1v) is 8.62. The number of nitrogens with two attached hydrogens (primary N) is 1. The zero-order chi connectivity index (χ0) is 21.7. The zero-order valence-corrected chi connectivity index (χ0v) is 14.9. The highest BCUT2D eigenvalue weighted by molar-refractivity contribution is 6.06. The van der Waals surface area contributed by atoms with Crippen LogP contribution in [0, 0.1) is 28.3 Å².